The summed E-state index contributed by atoms with van der Waals surface area (Å²) in [5.41, 5.74) is 0. The summed E-state index contributed by atoms with van der Waals surface area (Å²) in [4.78, 5) is 12.3. The maximum absolute atomic E-state index is 10.9. The molecule has 2 nitrogen and oxygen atoms in total. The van der Waals surface area contributed by atoms with Crippen LogP contribution in [-0.4, -0.2) is 5.97 Å². The Balaban J connectivity index is 2.59. The minimum absolute atomic E-state index is 0.391. The first kappa shape index (κ1) is 9.00. The summed E-state index contributed by atoms with van der Waals surface area (Å²) >= 11 is 2.98. The maximum Gasteiger partial charge on any atom is 0.336 e. The van der Waals surface area contributed by atoms with Gasteiger partial charge >= 0.3 is 5.97 Å². The zero-order valence-corrected chi connectivity index (χ0v) is 7.82. The quantitative estimate of drug-likeness (QED) is 0.440. The third kappa shape index (κ3) is 2.88. The van der Waals surface area contributed by atoms with Crippen LogP contribution >= 0.6 is 15.9 Å². The smallest absolute Gasteiger partial charge is 0.336 e. The third-order valence-electron chi connectivity index (χ3n) is 1.16. The van der Waals surface area contributed by atoms with E-state index in [1.807, 2.05) is 6.07 Å². The van der Waals surface area contributed by atoms with Crippen LogP contribution in [0.2, 0.25) is 0 Å². The average Bonchev–Trinajstić information content (AvgIpc) is 2.06. The van der Waals surface area contributed by atoms with Gasteiger partial charge < -0.3 is 4.74 Å². The van der Waals surface area contributed by atoms with Gasteiger partial charge in [-0.05, 0) is 17.1 Å². The topological polar surface area (TPSA) is 26.3 Å². The van der Waals surface area contributed by atoms with Crippen LogP contribution in [0.4, 0.5) is 0 Å². The van der Waals surface area contributed by atoms with Gasteiger partial charge in [0.25, 0.3) is 0 Å². The molecule has 0 aliphatic rings. The number of benzene rings is 1. The van der Waals surface area contributed by atoms with Crippen molar-refractivity contribution in [1.82, 2.24) is 0 Å². The molecule has 0 fully saturated rings. The highest BCUT2D eigenvalue weighted by molar-refractivity contribution is 9.11. The second-order valence-electron chi connectivity index (χ2n) is 2.03. The van der Waals surface area contributed by atoms with E-state index < -0.39 is 5.97 Å². The van der Waals surface area contributed by atoms with E-state index in [1.54, 1.807) is 24.3 Å². The van der Waals surface area contributed by atoms with Crippen LogP contribution in [0.5, 0.6) is 5.75 Å². The van der Waals surface area contributed by atoms with Crippen LogP contribution in [-0.2, 0) is 4.79 Å². The van der Waals surface area contributed by atoms with Crippen molar-refractivity contribution >= 4 is 21.9 Å². The molecule has 0 aliphatic carbocycles. The zero-order valence-electron chi connectivity index (χ0n) is 6.24. The molecule has 0 saturated carbocycles. The Kier molecular flexibility index (Phi) is 3.54. The van der Waals surface area contributed by atoms with Gasteiger partial charge in [0.2, 0.25) is 0 Å². The summed E-state index contributed by atoms with van der Waals surface area (Å²) in [5, 5.41) is 0. The van der Waals surface area contributed by atoms with E-state index >= 15 is 0 Å². The van der Waals surface area contributed by atoms with E-state index in [4.69, 9.17) is 4.74 Å². The van der Waals surface area contributed by atoms with E-state index in [1.165, 1.54) is 11.1 Å². The molecule has 0 bridgehead atoms. The molecule has 0 heterocycles. The number of ether oxygens (including phenoxy) is 1. The fourth-order valence-corrected chi connectivity index (χ4v) is 0.906. The molecule has 0 unspecified atom stereocenters. The molecule has 12 heavy (non-hydrogen) atoms. The van der Waals surface area contributed by atoms with Crippen molar-refractivity contribution in [2.24, 2.45) is 0 Å². The van der Waals surface area contributed by atoms with Crippen LogP contribution in [0.1, 0.15) is 0 Å². The molecule has 1 aromatic rings. The van der Waals surface area contributed by atoms with Gasteiger partial charge in [-0.15, -0.1) is 0 Å². The molecule has 0 spiro atoms. The summed E-state index contributed by atoms with van der Waals surface area (Å²) in [5.74, 6) is 0.158. The number of esters is 1. The Morgan fingerprint density at radius 3 is 2.58 bits per heavy atom. The van der Waals surface area contributed by atoms with Crippen LogP contribution in [0, 0.1) is 0 Å². The fourth-order valence-electron chi connectivity index (χ4n) is 0.690. The van der Waals surface area contributed by atoms with Crippen molar-refractivity contribution < 1.29 is 9.53 Å². The Morgan fingerprint density at radius 1 is 1.33 bits per heavy atom. The van der Waals surface area contributed by atoms with Gasteiger partial charge in [0, 0.05) is 6.08 Å². The maximum atomic E-state index is 10.9. The van der Waals surface area contributed by atoms with Gasteiger partial charge in [-0.25, -0.2) is 4.79 Å². The summed E-state index contributed by atoms with van der Waals surface area (Å²) < 4.78 is 4.90. The zero-order chi connectivity index (χ0) is 8.81. The third-order valence-corrected chi connectivity index (χ3v) is 1.43. The monoisotopic (exact) mass is 226 g/mol. The lowest BCUT2D eigenvalue weighted by atomic mass is 10.3. The average molecular weight is 227 g/mol. The second-order valence-corrected chi connectivity index (χ2v) is 2.56. The van der Waals surface area contributed by atoms with E-state index in [-0.39, 0.29) is 0 Å². The van der Waals surface area contributed by atoms with Crippen molar-refractivity contribution in [2.75, 3.05) is 0 Å². The normalized spacial score (nSPS) is 10.1. The van der Waals surface area contributed by atoms with Crippen LogP contribution in [0.25, 0.3) is 0 Å². The first-order chi connectivity index (χ1) is 5.83. The Hall–Kier alpha value is -1.09. The van der Waals surface area contributed by atoms with Crippen molar-refractivity contribution in [1.29, 1.82) is 0 Å². The summed E-state index contributed by atoms with van der Waals surface area (Å²) in [6.07, 6.45) is 1.30. The molecule has 0 aliphatic heterocycles. The second kappa shape index (κ2) is 4.72. The fraction of sp³-hybridized carbons (Fsp3) is 0. The number of halogens is 1. The molecule has 1 aromatic carbocycles. The molecular weight excluding hydrogens is 220 g/mol. The Bertz CT molecular complexity index is 280. The molecule has 0 saturated heterocycles. The first-order valence-corrected chi connectivity index (χ1v) is 4.28. The molecule has 3 heteroatoms. The minimum Gasteiger partial charge on any atom is -0.423 e. The number of hydrogen-bond donors (Lipinski definition) is 0. The molecule has 62 valence electrons. The largest absolute Gasteiger partial charge is 0.423 e. The Labute approximate surface area is 79.0 Å². The van der Waals surface area contributed by atoms with Crippen LogP contribution in [0.15, 0.2) is 41.4 Å². The lowest BCUT2D eigenvalue weighted by Gasteiger charge is -1.98. The van der Waals surface area contributed by atoms with Crippen molar-refractivity contribution in [3.05, 3.63) is 41.4 Å². The predicted molar refractivity (Wildman–Crippen MR) is 50.1 cm³/mol. The van der Waals surface area contributed by atoms with Crippen molar-refractivity contribution in [3.8, 4) is 5.75 Å². The number of rotatable bonds is 2. The number of hydrogen-bond acceptors (Lipinski definition) is 2. The number of para-hydroxylation sites is 1. The van der Waals surface area contributed by atoms with Crippen molar-refractivity contribution in [3.63, 3.8) is 0 Å². The van der Waals surface area contributed by atoms with Gasteiger partial charge in [-0.1, -0.05) is 34.1 Å². The van der Waals surface area contributed by atoms with Crippen LogP contribution in [0.3, 0.4) is 0 Å². The lowest BCUT2D eigenvalue weighted by molar-refractivity contribution is -0.128. The minimum atomic E-state index is -0.391. The molecule has 0 radical (unpaired) electrons. The molecule has 0 atom stereocenters. The molecule has 0 aromatic heterocycles. The van der Waals surface area contributed by atoms with Crippen molar-refractivity contribution in [2.45, 2.75) is 0 Å². The standard InChI is InChI=1S/C9H7BrO2/c10-7-6-9(11)12-8-4-2-1-3-5-8/h1-7H. The summed E-state index contributed by atoms with van der Waals surface area (Å²) in [6.45, 7) is 0. The van der Waals surface area contributed by atoms with Gasteiger partial charge in [0.15, 0.2) is 0 Å². The van der Waals surface area contributed by atoms with E-state index in [0.29, 0.717) is 5.75 Å². The Morgan fingerprint density at radius 2 is 2.00 bits per heavy atom. The number of carbonyl (C=O) groups is 1. The number of carbonyl (C=O) groups excluding carboxylic acids is 1. The van der Waals surface area contributed by atoms with Gasteiger partial charge in [0.1, 0.15) is 5.75 Å². The van der Waals surface area contributed by atoms with E-state index in [2.05, 4.69) is 15.9 Å². The first-order valence-electron chi connectivity index (χ1n) is 3.36. The van der Waals surface area contributed by atoms with Gasteiger partial charge in [-0.3, -0.25) is 0 Å². The molecule has 1 rings (SSSR count). The predicted octanol–water partition coefficient (Wildman–Crippen LogP) is 2.50. The summed E-state index contributed by atoms with van der Waals surface area (Å²) in [6, 6.07) is 8.92. The van der Waals surface area contributed by atoms with Gasteiger partial charge in [0.05, 0.1) is 0 Å². The highest BCUT2D eigenvalue weighted by Crippen LogP contribution is 2.08. The van der Waals surface area contributed by atoms with Gasteiger partial charge in [-0.2, -0.15) is 0 Å². The highest BCUT2D eigenvalue weighted by atomic mass is 79.9. The van der Waals surface area contributed by atoms with E-state index in [0.717, 1.165) is 0 Å². The molecular formula is C9H7BrO2. The SMILES string of the molecule is O=C(C=CBr)Oc1ccccc1. The van der Waals surface area contributed by atoms with E-state index in [9.17, 15) is 4.79 Å². The lowest BCUT2D eigenvalue weighted by Crippen LogP contribution is -2.02. The molecule has 0 N–H and O–H groups in total. The summed E-state index contributed by atoms with van der Waals surface area (Å²) in [7, 11) is 0. The highest BCUT2D eigenvalue weighted by Gasteiger charge is 1.96. The van der Waals surface area contributed by atoms with Crippen LogP contribution < -0.4 is 4.74 Å². The molecule has 0 amide bonds.